The third kappa shape index (κ3) is 2.68. The molecule has 2 aromatic carbocycles. The minimum absolute atomic E-state index is 0.156. The van der Waals surface area contributed by atoms with Crippen molar-refractivity contribution in [1.82, 2.24) is 0 Å². The van der Waals surface area contributed by atoms with Crippen LogP contribution >= 0.6 is 0 Å². The van der Waals surface area contributed by atoms with Gasteiger partial charge in [0.1, 0.15) is 16.5 Å². The molecule has 0 spiro atoms. The maximum Gasteiger partial charge on any atom is 0.342 e. The predicted molar refractivity (Wildman–Crippen MR) is 65.4 cm³/mol. The van der Waals surface area contributed by atoms with Gasteiger partial charge in [-0.1, -0.05) is 29.8 Å². The van der Waals surface area contributed by atoms with Crippen LogP contribution < -0.4 is 4.18 Å². The molecule has 0 bridgehead atoms. The largest absolute Gasteiger partial charge is 0.379 e. The molecule has 0 saturated carbocycles. The van der Waals surface area contributed by atoms with Crippen molar-refractivity contribution in [3.05, 3.63) is 59.9 Å². The Hall–Kier alpha value is -1.88. The predicted octanol–water partition coefficient (Wildman–Crippen LogP) is 2.90. The first-order valence-corrected chi connectivity index (χ1v) is 6.65. The van der Waals surface area contributed by atoms with Gasteiger partial charge in [0, 0.05) is 0 Å². The molecule has 0 radical (unpaired) electrons. The normalized spacial score (nSPS) is 11.2. The zero-order valence-corrected chi connectivity index (χ0v) is 10.4. The minimum Gasteiger partial charge on any atom is -0.379 e. The first kappa shape index (κ1) is 12.6. The molecule has 0 aromatic heterocycles. The molecule has 0 fully saturated rings. The Morgan fingerprint density at radius 3 is 2.22 bits per heavy atom. The molecule has 3 nitrogen and oxygen atoms in total. The molecule has 0 amide bonds. The summed E-state index contributed by atoms with van der Waals surface area (Å²) in [5.41, 5.74) is 0.977. The summed E-state index contributed by atoms with van der Waals surface area (Å²) in [6.45, 7) is 1.87. The molecular weight excluding hydrogens is 255 g/mol. The summed E-state index contributed by atoms with van der Waals surface area (Å²) >= 11 is 0. The second-order valence-electron chi connectivity index (χ2n) is 3.78. The maximum absolute atomic E-state index is 13.4. The second kappa shape index (κ2) is 4.78. The summed E-state index contributed by atoms with van der Waals surface area (Å²) in [5, 5.41) is 0. The van der Waals surface area contributed by atoms with Crippen molar-refractivity contribution in [3.63, 3.8) is 0 Å². The van der Waals surface area contributed by atoms with Crippen molar-refractivity contribution in [3.8, 4) is 5.75 Å². The lowest BCUT2D eigenvalue weighted by molar-refractivity contribution is 0.476. The fourth-order valence-corrected chi connectivity index (χ4v) is 2.42. The van der Waals surface area contributed by atoms with Gasteiger partial charge in [-0.05, 0) is 31.2 Å². The molecule has 2 aromatic rings. The van der Waals surface area contributed by atoms with Crippen molar-refractivity contribution >= 4 is 10.1 Å². The van der Waals surface area contributed by atoms with E-state index in [4.69, 9.17) is 4.18 Å². The molecule has 0 unspecified atom stereocenters. The molecule has 18 heavy (non-hydrogen) atoms. The topological polar surface area (TPSA) is 43.4 Å². The van der Waals surface area contributed by atoms with Crippen molar-refractivity contribution in [2.24, 2.45) is 0 Å². The van der Waals surface area contributed by atoms with Crippen LogP contribution in [-0.4, -0.2) is 8.42 Å². The van der Waals surface area contributed by atoms with E-state index in [1.165, 1.54) is 30.3 Å². The van der Waals surface area contributed by atoms with E-state index < -0.39 is 20.8 Å². The minimum atomic E-state index is -4.13. The fraction of sp³-hybridized carbons (Fsp3) is 0.0769. The van der Waals surface area contributed by atoms with Gasteiger partial charge < -0.3 is 4.18 Å². The molecule has 0 atom stereocenters. The van der Waals surface area contributed by atoms with Crippen molar-refractivity contribution in [2.75, 3.05) is 0 Å². The van der Waals surface area contributed by atoms with E-state index in [1.54, 1.807) is 12.1 Å². The van der Waals surface area contributed by atoms with Gasteiger partial charge in [-0.15, -0.1) is 0 Å². The zero-order chi connectivity index (χ0) is 13.2. The van der Waals surface area contributed by atoms with Crippen LogP contribution in [0.4, 0.5) is 4.39 Å². The molecule has 0 aliphatic carbocycles. The summed E-state index contributed by atoms with van der Waals surface area (Å²) in [4.78, 5) is -0.467. The Morgan fingerprint density at radius 1 is 1.00 bits per heavy atom. The number of hydrogen-bond donors (Lipinski definition) is 0. The quantitative estimate of drug-likeness (QED) is 0.802. The van der Waals surface area contributed by atoms with E-state index in [0.29, 0.717) is 0 Å². The van der Waals surface area contributed by atoms with Crippen LogP contribution in [0.15, 0.2) is 53.4 Å². The Bertz CT molecular complexity index is 648. The second-order valence-corrected chi connectivity index (χ2v) is 5.30. The molecular formula is C13H11FO3S. The van der Waals surface area contributed by atoms with E-state index >= 15 is 0 Å². The average Bonchev–Trinajstić information content (AvgIpc) is 2.32. The number of rotatable bonds is 3. The van der Waals surface area contributed by atoms with Gasteiger partial charge in [0.25, 0.3) is 0 Å². The van der Waals surface area contributed by atoms with Crippen LogP contribution in [-0.2, 0) is 10.1 Å². The summed E-state index contributed by atoms with van der Waals surface area (Å²) in [6.07, 6.45) is 0. The highest BCUT2D eigenvalue weighted by Crippen LogP contribution is 2.20. The van der Waals surface area contributed by atoms with Crippen LogP contribution in [0.2, 0.25) is 0 Å². The molecule has 0 aliphatic rings. The Morgan fingerprint density at radius 2 is 1.61 bits per heavy atom. The van der Waals surface area contributed by atoms with Crippen LogP contribution in [0.1, 0.15) is 5.56 Å². The smallest absolute Gasteiger partial charge is 0.342 e. The van der Waals surface area contributed by atoms with Gasteiger partial charge in [0.15, 0.2) is 0 Å². The maximum atomic E-state index is 13.4. The lowest BCUT2D eigenvalue weighted by atomic mass is 10.2. The Kier molecular flexibility index (Phi) is 3.34. The molecule has 2 rings (SSSR count). The molecule has 5 heteroatoms. The number of aryl methyl sites for hydroxylation is 1. The van der Waals surface area contributed by atoms with Gasteiger partial charge in [-0.3, -0.25) is 0 Å². The SMILES string of the molecule is Cc1ccc(OS(=O)(=O)c2ccccc2F)cc1. The van der Waals surface area contributed by atoms with Crippen molar-refractivity contribution in [2.45, 2.75) is 11.8 Å². The summed E-state index contributed by atoms with van der Waals surface area (Å²) in [6, 6.07) is 11.6. The average molecular weight is 266 g/mol. The monoisotopic (exact) mass is 266 g/mol. The van der Waals surface area contributed by atoms with Crippen molar-refractivity contribution < 1.29 is 17.0 Å². The molecule has 0 saturated heterocycles. The summed E-state index contributed by atoms with van der Waals surface area (Å²) in [5.74, 6) is -0.673. The van der Waals surface area contributed by atoms with E-state index in [1.807, 2.05) is 6.92 Å². The highest BCUT2D eigenvalue weighted by molar-refractivity contribution is 7.87. The van der Waals surface area contributed by atoms with Gasteiger partial charge in [0.2, 0.25) is 0 Å². The molecule has 0 N–H and O–H groups in total. The van der Waals surface area contributed by atoms with E-state index in [0.717, 1.165) is 11.6 Å². The summed E-state index contributed by atoms with van der Waals surface area (Å²) in [7, 11) is -4.13. The van der Waals surface area contributed by atoms with E-state index in [-0.39, 0.29) is 5.75 Å². The first-order valence-electron chi connectivity index (χ1n) is 5.25. The van der Waals surface area contributed by atoms with Gasteiger partial charge in [-0.25, -0.2) is 4.39 Å². The third-order valence-electron chi connectivity index (χ3n) is 2.33. The van der Waals surface area contributed by atoms with Crippen LogP contribution in [0.25, 0.3) is 0 Å². The molecule has 94 valence electrons. The molecule has 0 heterocycles. The standard InChI is InChI=1S/C13H11FO3S/c1-10-6-8-11(9-7-10)17-18(15,16)13-5-3-2-4-12(13)14/h2-9H,1H3. The lowest BCUT2D eigenvalue weighted by Gasteiger charge is -2.07. The van der Waals surface area contributed by atoms with Crippen LogP contribution in [0, 0.1) is 12.7 Å². The highest BCUT2D eigenvalue weighted by atomic mass is 32.2. The Labute approximate surface area is 105 Å². The molecule has 0 aliphatic heterocycles. The highest BCUT2D eigenvalue weighted by Gasteiger charge is 2.20. The van der Waals surface area contributed by atoms with Crippen LogP contribution in [0.3, 0.4) is 0 Å². The van der Waals surface area contributed by atoms with E-state index in [9.17, 15) is 12.8 Å². The van der Waals surface area contributed by atoms with Gasteiger partial charge in [0.05, 0.1) is 0 Å². The van der Waals surface area contributed by atoms with E-state index in [2.05, 4.69) is 0 Å². The number of benzene rings is 2. The summed E-state index contributed by atoms with van der Waals surface area (Å²) < 4.78 is 41.9. The van der Waals surface area contributed by atoms with Crippen molar-refractivity contribution in [1.29, 1.82) is 0 Å². The van der Waals surface area contributed by atoms with Crippen LogP contribution in [0.5, 0.6) is 5.75 Å². The number of halogens is 1. The van der Waals surface area contributed by atoms with Gasteiger partial charge >= 0.3 is 10.1 Å². The lowest BCUT2D eigenvalue weighted by Crippen LogP contribution is -2.11. The Balaban J connectivity index is 2.33. The van der Waals surface area contributed by atoms with Gasteiger partial charge in [-0.2, -0.15) is 8.42 Å². The zero-order valence-electron chi connectivity index (χ0n) is 9.63. The number of hydrogen-bond acceptors (Lipinski definition) is 3. The fourth-order valence-electron chi connectivity index (χ4n) is 1.41. The first-order chi connectivity index (χ1) is 8.49. The third-order valence-corrected chi connectivity index (χ3v) is 3.61.